The van der Waals surface area contributed by atoms with E-state index in [-0.39, 0.29) is 0 Å². The summed E-state index contributed by atoms with van der Waals surface area (Å²) in [5.41, 5.74) is 8.25. The maximum absolute atomic E-state index is 4.12. The first-order valence-corrected chi connectivity index (χ1v) is 15.2. The van der Waals surface area contributed by atoms with Gasteiger partial charge in [-0.05, 0) is 50.6 Å². The van der Waals surface area contributed by atoms with Crippen molar-refractivity contribution in [2.75, 3.05) is 0 Å². The Balaban J connectivity index is 1.61. The molecule has 7 rings (SSSR count). The smallest absolute Gasteiger partial charge is 0.0622 e. The molecule has 0 saturated carbocycles. The van der Waals surface area contributed by atoms with Gasteiger partial charge in [-0.1, -0.05) is 200 Å². The molecular weight excluding hydrogens is 528 g/mol. The average Bonchev–Trinajstić information content (AvgIpc) is 3.12. The molecule has 0 unspecified atom stereocenters. The summed E-state index contributed by atoms with van der Waals surface area (Å²) in [6.45, 7) is 0. The van der Waals surface area contributed by atoms with Crippen molar-refractivity contribution in [1.29, 1.82) is 0 Å². The summed E-state index contributed by atoms with van der Waals surface area (Å²) in [7, 11) is 0. The monoisotopic (exact) mass is 561 g/mol. The Kier molecular flexibility index (Phi) is 7.49. The van der Waals surface area contributed by atoms with E-state index < -0.39 is 10.8 Å². The number of hydrogen-bond donors (Lipinski definition) is 0. The van der Waals surface area contributed by atoms with Crippen LogP contribution in [-0.4, -0.2) is 0 Å². The summed E-state index contributed by atoms with van der Waals surface area (Å²) in [6.07, 6.45) is 0. The van der Waals surface area contributed by atoms with Gasteiger partial charge in [-0.15, -0.1) is 0 Å². The van der Waals surface area contributed by atoms with Gasteiger partial charge in [-0.3, -0.25) is 0 Å². The molecule has 0 bridgehead atoms. The SMILES string of the molecule is [c]1c(C(c2ccccc2)(c2ccccc2)c2ccccc2)cccc1C(c1ccccc1)(c1ccccc1)c1ccccc1. The highest BCUT2D eigenvalue weighted by Gasteiger charge is 2.42. The molecule has 7 aromatic rings. The minimum absolute atomic E-state index is 0.588. The first-order chi connectivity index (χ1) is 21.8. The van der Waals surface area contributed by atoms with Crippen LogP contribution in [0, 0.1) is 6.07 Å². The van der Waals surface area contributed by atoms with Crippen molar-refractivity contribution in [3.8, 4) is 0 Å². The fourth-order valence-corrected chi connectivity index (χ4v) is 6.97. The summed E-state index contributed by atoms with van der Waals surface area (Å²) in [5, 5.41) is 0. The van der Waals surface area contributed by atoms with Gasteiger partial charge in [0.05, 0.1) is 10.8 Å². The van der Waals surface area contributed by atoms with E-state index in [9.17, 15) is 0 Å². The molecule has 0 heteroatoms. The summed E-state index contributed by atoms with van der Waals surface area (Å²) in [5.74, 6) is 0. The molecule has 0 nitrogen and oxygen atoms in total. The number of rotatable bonds is 8. The summed E-state index contributed by atoms with van der Waals surface area (Å²) in [6, 6.07) is 76.1. The molecule has 209 valence electrons. The lowest BCUT2D eigenvalue weighted by molar-refractivity contribution is 0.715. The Labute approximate surface area is 261 Å². The highest BCUT2D eigenvalue weighted by atomic mass is 14.4. The Hall–Kier alpha value is -5.46. The molecular formula is C44H33. The van der Waals surface area contributed by atoms with Crippen LogP contribution in [0.4, 0.5) is 0 Å². The van der Waals surface area contributed by atoms with E-state index in [2.05, 4.69) is 206 Å². The second-order valence-electron chi connectivity index (χ2n) is 11.2. The van der Waals surface area contributed by atoms with Crippen molar-refractivity contribution in [1.82, 2.24) is 0 Å². The highest BCUT2D eigenvalue weighted by Crippen LogP contribution is 2.49. The lowest BCUT2D eigenvalue weighted by atomic mass is 9.62. The molecule has 0 spiro atoms. The second-order valence-corrected chi connectivity index (χ2v) is 11.2. The van der Waals surface area contributed by atoms with Crippen LogP contribution in [0.1, 0.15) is 44.5 Å². The molecule has 0 amide bonds. The fourth-order valence-electron chi connectivity index (χ4n) is 6.97. The molecule has 0 aliphatic heterocycles. The van der Waals surface area contributed by atoms with Crippen LogP contribution >= 0.6 is 0 Å². The zero-order valence-electron chi connectivity index (χ0n) is 24.6. The predicted molar refractivity (Wildman–Crippen MR) is 182 cm³/mol. The predicted octanol–water partition coefficient (Wildman–Crippen LogP) is 10.3. The van der Waals surface area contributed by atoms with E-state index in [1.165, 1.54) is 33.4 Å². The molecule has 1 radical (unpaired) electrons. The van der Waals surface area contributed by atoms with Gasteiger partial charge in [0, 0.05) is 0 Å². The van der Waals surface area contributed by atoms with Crippen molar-refractivity contribution < 1.29 is 0 Å². The van der Waals surface area contributed by atoms with E-state index in [0.717, 1.165) is 11.1 Å². The third-order valence-corrected chi connectivity index (χ3v) is 8.84. The summed E-state index contributed by atoms with van der Waals surface area (Å²) >= 11 is 0. The molecule has 0 aliphatic carbocycles. The van der Waals surface area contributed by atoms with Crippen molar-refractivity contribution in [3.05, 3.63) is 251 Å². The van der Waals surface area contributed by atoms with Crippen LogP contribution in [0.25, 0.3) is 0 Å². The van der Waals surface area contributed by atoms with Crippen molar-refractivity contribution in [2.24, 2.45) is 0 Å². The van der Waals surface area contributed by atoms with Gasteiger partial charge in [0.2, 0.25) is 0 Å². The average molecular weight is 562 g/mol. The first-order valence-electron chi connectivity index (χ1n) is 15.2. The van der Waals surface area contributed by atoms with Gasteiger partial charge in [0.15, 0.2) is 0 Å². The van der Waals surface area contributed by atoms with E-state index in [1.807, 2.05) is 0 Å². The van der Waals surface area contributed by atoms with Crippen LogP contribution in [0.3, 0.4) is 0 Å². The van der Waals surface area contributed by atoms with Crippen molar-refractivity contribution >= 4 is 0 Å². The van der Waals surface area contributed by atoms with Gasteiger partial charge < -0.3 is 0 Å². The molecule has 0 heterocycles. The van der Waals surface area contributed by atoms with E-state index in [4.69, 9.17) is 0 Å². The van der Waals surface area contributed by atoms with E-state index in [1.54, 1.807) is 0 Å². The van der Waals surface area contributed by atoms with Gasteiger partial charge >= 0.3 is 0 Å². The van der Waals surface area contributed by atoms with Crippen molar-refractivity contribution in [3.63, 3.8) is 0 Å². The van der Waals surface area contributed by atoms with Crippen molar-refractivity contribution in [2.45, 2.75) is 10.8 Å². The van der Waals surface area contributed by atoms with Crippen LogP contribution in [0.15, 0.2) is 200 Å². The van der Waals surface area contributed by atoms with Gasteiger partial charge in [-0.25, -0.2) is 0 Å². The van der Waals surface area contributed by atoms with Gasteiger partial charge in [0.25, 0.3) is 0 Å². The van der Waals surface area contributed by atoms with Crippen LogP contribution in [0.5, 0.6) is 0 Å². The summed E-state index contributed by atoms with van der Waals surface area (Å²) < 4.78 is 0. The minimum atomic E-state index is -0.588. The standard InChI is InChI=1S/C44H33/c1-7-20-35(21-8-1)43(36-22-9-2-10-23-36,37-24-11-3-12-25-37)41-32-19-33-42(34-41)44(38-26-13-4-14-27-38,39-28-15-5-16-29-39)40-30-17-6-18-31-40/h1-33H. The molecule has 7 aromatic carbocycles. The molecule has 0 atom stereocenters. The maximum atomic E-state index is 4.12. The number of hydrogen-bond acceptors (Lipinski definition) is 0. The molecule has 0 N–H and O–H groups in total. The third-order valence-electron chi connectivity index (χ3n) is 8.84. The maximum Gasteiger partial charge on any atom is 0.0707 e. The molecule has 0 saturated heterocycles. The fraction of sp³-hybridized carbons (Fsp3) is 0.0455. The van der Waals surface area contributed by atoms with Crippen LogP contribution in [0.2, 0.25) is 0 Å². The number of benzene rings is 7. The normalized spacial score (nSPS) is 11.6. The minimum Gasteiger partial charge on any atom is -0.0622 e. The third kappa shape index (κ3) is 4.57. The molecule has 0 aromatic heterocycles. The Morgan fingerprint density at radius 3 is 0.636 bits per heavy atom. The van der Waals surface area contributed by atoms with Crippen LogP contribution in [-0.2, 0) is 10.8 Å². The lowest BCUT2D eigenvalue weighted by Gasteiger charge is -2.40. The molecule has 0 aliphatic rings. The highest BCUT2D eigenvalue weighted by molar-refractivity contribution is 5.64. The van der Waals surface area contributed by atoms with E-state index in [0.29, 0.717) is 0 Å². The first kappa shape index (κ1) is 27.4. The molecule has 44 heavy (non-hydrogen) atoms. The summed E-state index contributed by atoms with van der Waals surface area (Å²) in [4.78, 5) is 0. The van der Waals surface area contributed by atoms with Crippen LogP contribution < -0.4 is 0 Å². The Morgan fingerprint density at radius 2 is 0.432 bits per heavy atom. The van der Waals surface area contributed by atoms with Gasteiger partial charge in [-0.2, -0.15) is 0 Å². The zero-order valence-corrected chi connectivity index (χ0v) is 24.6. The van der Waals surface area contributed by atoms with Gasteiger partial charge in [0.1, 0.15) is 0 Å². The molecule has 0 fully saturated rings. The van der Waals surface area contributed by atoms with E-state index >= 15 is 0 Å². The zero-order chi connectivity index (χ0) is 29.7. The second kappa shape index (κ2) is 12.0. The topological polar surface area (TPSA) is 0 Å². The Morgan fingerprint density at radius 1 is 0.227 bits per heavy atom. The Bertz CT molecular complexity index is 1580. The largest absolute Gasteiger partial charge is 0.0707 e. The lowest BCUT2D eigenvalue weighted by Crippen LogP contribution is -2.34. The quantitative estimate of drug-likeness (QED) is 0.162.